The van der Waals surface area contributed by atoms with E-state index in [-0.39, 0.29) is 28.7 Å². The lowest BCUT2D eigenvalue weighted by Gasteiger charge is -2.25. The van der Waals surface area contributed by atoms with Crippen LogP contribution in [0.15, 0.2) is 29.3 Å². The number of carbonyl (C=O) groups is 1. The summed E-state index contributed by atoms with van der Waals surface area (Å²) in [5.41, 5.74) is 2.13. The molecular formula is C17H22N2O3S2. The summed E-state index contributed by atoms with van der Waals surface area (Å²) in [5, 5.41) is 0.576. The lowest BCUT2D eigenvalue weighted by molar-refractivity contribution is -0.117. The van der Waals surface area contributed by atoms with Crippen LogP contribution in [0.5, 0.6) is 0 Å². The molecule has 0 aromatic heterocycles. The molecule has 0 unspecified atom stereocenters. The molecule has 3 rings (SSSR count). The number of fused-ring (bicyclic) bond motifs is 1. The summed E-state index contributed by atoms with van der Waals surface area (Å²) in [6.45, 7) is 6.04. The monoisotopic (exact) mass is 366 g/mol. The van der Waals surface area contributed by atoms with Crippen LogP contribution >= 0.6 is 11.8 Å². The molecule has 0 aliphatic carbocycles. The van der Waals surface area contributed by atoms with Gasteiger partial charge in [-0.3, -0.25) is 4.79 Å². The second-order valence-corrected chi connectivity index (χ2v) is 9.92. The van der Waals surface area contributed by atoms with E-state index >= 15 is 0 Å². The van der Waals surface area contributed by atoms with Gasteiger partial charge in [0.1, 0.15) is 0 Å². The highest BCUT2D eigenvalue weighted by atomic mass is 32.2. The molecule has 1 aromatic carbocycles. The van der Waals surface area contributed by atoms with Gasteiger partial charge in [-0.15, -0.1) is 0 Å². The third-order valence-electron chi connectivity index (χ3n) is 4.43. The zero-order valence-corrected chi connectivity index (χ0v) is 15.7. The highest BCUT2D eigenvalue weighted by Crippen LogP contribution is 2.41. The summed E-state index contributed by atoms with van der Waals surface area (Å²) >= 11 is 1.42. The van der Waals surface area contributed by atoms with Gasteiger partial charge in [0, 0.05) is 17.4 Å². The molecule has 2 aliphatic heterocycles. The standard InChI is InChI=1S/C17H22N2O3S2/c1-4-16(20)18-17-19(13-7-5-12(6-8-13)11(2)3)14-9-24(21,22)10-15(14)23-17/h5-8,11,14-15H,4,9-10H2,1-3H3/t14-,15-/m1/s1. The number of hydrogen-bond acceptors (Lipinski definition) is 4. The van der Waals surface area contributed by atoms with Crippen molar-refractivity contribution in [1.82, 2.24) is 0 Å². The molecule has 1 amide bonds. The topological polar surface area (TPSA) is 66.8 Å². The first kappa shape index (κ1) is 17.5. The van der Waals surface area contributed by atoms with Gasteiger partial charge in [0.25, 0.3) is 0 Å². The van der Waals surface area contributed by atoms with Crippen LogP contribution in [-0.4, -0.2) is 42.3 Å². The number of anilines is 1. The van der Waals surface area contributed by atoms with Crippen molar-refractivity contribution in [2.24, 2.45) is 4.99 Å². The number of carbonyl (C=O) groups excluding carboxylic acids is 1. The van der Waals surface area contributed by atoms with Crippen LogP contribution < -0.4 is 4.90 Å². The molecule has 7 heteroatoms. The predicted molar refractivity (Wildman–Crippen MR) is 99.6 cm³/mol. The summed E-state index contributed by atoms with van der Waals surface area (Å²) in [4.78, 5) is 17.9. The number of thioether (sulfide) groups is 1. The highest BCUT2D eigenvalue weighted by Gasteiger charge is 2.49. The van der Waals surface area contributed by atoms with Crippen LogP contribution in [0, 0.1) is 0 Å². The van der Waals surface area contributed by atoms with Crippen LogP contribution in [0.1, 0.15) is 38.7 Å². The van der Waals surface area contributed by atoms with E-state index in [9.17, 15) is 13.2 Å². The molecule has 0 bridgehead atoms. The van der Waals surface area contributed by atoms with Crippen LogP contribution in [0.25, 0.3) is 0 Å². The van der Waals surface area contributed by atoms with Crippen molar-refractivity contribution in [3.63, 3.8) is 0 Å². The highest BCUT2D eigenvalue weighted by molar-refractivity contribution is 8.16. The fourth-order valence-corrected chi connectivity index (χ4v) is 7.00. The number of amides is 1. The summed E-state index contributed by atoms with van der Waals surface area (Å²) < 4.78 is 24.0. The van der Waals surface area contributed by atoms with Crippen molar-refractivity contribution >= 4 is 38.4 Å². The summed E-state index contributed by atoms with van der Waals surface area (Å²) in [7, 11) is -3.03. The molecular weight excluding hydrogens is 344 g/mol. The average molecular weight is 367 g/mol. The van der Waals surface area contributed by atoms with Crippen molar-refractivity contribution < 1.29 is 13.2 Å². The molecule has 2 fully saturated rings. The van der Waals surface area contributed by atoms with Gasteiger partial charge in [0.05, 0.1) is 17.5 Å². The van der Waals surface area contributed by atoms with Gasteiger partial charge in [0.2, 0.25) is 5.91 Å². The number of benzene rings is 1. The van der Waals surface area contributed by atoms with Gasteiger partial charge in [0.15, 0.2) is 15.0 Å². The van der Waals surface area contributed by atoms with E-state index in [0.29, 0.717) is 17.5 Å². The van der Waals surface area contributed by atoms with Crippen LogP contribution in [0.3, 0.4) is 0 Å². The summed E-state index contributed by atoms with van der Waals surface area (Å²) in [6.07, 6.45) is 0.345. The Kier molecular flexibility index (Phi) is 4.75. The maximum Gasteiger partial charge on any atom is 0.247 e. The normalized spacial score (nSPS) is 27.0. The fourth-order valence-electron chi connectivity index (χ4n) is 3.07. The Balaban J connectivity index is 1.98. The second kappa shape index (κ2) is 6.52. The molecule has 0 radical (unpaired) electrons. The van der Waals surface area contributed by atoms with Gasteiger partial charge < -0.3 is 4.90 Å². The van der Waals surface area contributed by atoms with E-state index in [1.807, 2.05) is 17.0 Å². The molecule has 5 nitrogen and oxygen atoms in total. The lowest BCUT2D eigenvalue weighted by atomic mass is 10.0. The Morgan fingerprint density at radius 3 is 2.54 bits per heavy atom. The molecule has 2 atom stereocenters. The fraction of sp³-hybridized carbons (Fsp3) is 0.529. The Hall–Kier alpha value is -1.34. The van der Waals surface area contributed by atoms with E-state index in [1.54, 1.807) is 6.92 Å². The maximum atomic E-state index is 12.0. The van der Waals surface area contributed by atoms with Crippen molar-refractivity contribution in [2.75, 3.05) is 16.4 Å². The zero-order valence-electron chi connectivity index (χ0n) is 14.1. The SMILES string of the molecule is CCC(=O)N=C1S[C@@H]2CS(=O)(=O)C[C@H]2N1c1ccc(C(C)C)cc1. The minimum Gasteiger partial charge on any atom is -0.316 e. The number of rotatable bonds is 3. The summed E-state index contributed by atoms with van der Waals surface area (Å²) in [6, 6.07) is 7.96. The molecule has 1 aromatic rings. The number of aliphatic imine (C=N–C) groups is 1. The third kappa shape index (κ3) is 3.37. The first-order valence-electron chi connectivity index (χ1n) is 8.18. The van der Waals surface area contributed by atoms with Gasteiger partial charge in [-0.25, -0.2) is 8.42 Å². The van der Waals surface area contributed by atoms with Crippen molar-refractivity contribution in [2.45, 2.75) is 44.4 Å². The minimum atomic E-state index is -3.03. The molecule has 2 heterocycles. The Labute approximate surface area is 147 Å². The van der Waals surface area contributed by atoms with Crippen molar-refractivity contribution in [3.05, 3.63) is 29.8 Å². The number of sulfone groups is 1. The Morgan fingerprint density at radius 1 is 1.29 bits per heavy atom. The maximum absolute atomic E-state index is 12.0. The van der Waals surface area contributed by atoms with Gasteiger partial charge in [-0.05, 0) is 23.6 Å². The van der Waals surface area contributed by atoms with Crippen LogP contribution in [-0.2, 0) is 14.6 Å². The van der Waals surface area contributed by atoms with E-state index < -0.39 is 9.84 Å². The first-order valence-corrected chi connectivity index (χ1v) is 10.9. The van der Waals surface area contributed by atoms with Gasteiger partial charge in [-0.1, -0.05) is 44.7 Å². The molecule has 2 aliphatic rings. The Bertz CT molecular complexity index is 770. The predicted octanol–water partition coefficient (Wildman–Crippen LogP) is 2.82. The van der Waals surface area contributed by atoms with Crippen LogP contribution in [0.4, 0.5) is 5.69 Å². The average Bonchev–Trinajstić information content (AvgIpc) is 2.98. The van der Waals surface area contributed by atoms with Crippen molar-refractivity contribution in [1.29, 1.82) is 0 Å². The van der Waals surface area contributed by atoms with E-state index in [2.05, 4.69) is 31.0 Å². The van der Waals surface area contributed by atoms with Crippen molar-refractivity contribution in [3.8, 4) is 0 Å². The lowest BCUT2D eigenvalue weighted by Crippen LogP contribution is -2.37. The number of nitrogens with zero attached hydrogens (tertiary/aromatic N) is 2. The first-order chi connectivity index (χ1) is 11.3. The molecule has 0 N–H and O–H groups in total. The van der Waals surface area contributed by atoms with E-state index in [1.165, 1.54) is 17.3 Å². The Morgan fingerprint density at radius 2 is 1.96 bits per heavy atom. The number of hydrogen-bond donors (Lipinski definition) is 0. The largest absolute Gasteiger partial charge is 0.316 e. The summed E-state index contributed by atoms with van der Waals surface area (Å²) in [5.74, 6) is 0.531. The molecule has 24 heavy (non-hydrogen) atoms. The smallest absolute Gasteiger partial charge is 0.247 e. The second-order valence-electron chi connectivity index (χ2n) is 6.56. The van der Waals surface area contributed by atoms with Gasteiger partial charge >= 0.3 is 0 Å². The van der Waals surface area contributed by atoms with E-state index in [4.69, 9.17) is 0 Å². The van der Waals surface area contributed by atoms with Gasteiger partial charge in [-0.2, -0.15) is 4.99 Å². The molecule has 0 saturated carbocycles. The zero-order chi connectivity index (χ0) is 17.5. The molecule has 2 saturated heterocycles. The molecule has 130 valence electrons. The third-order valence-corrected chi connectivity index (χ3v) is 7.64. The quantitative estimate of drug-likeness (QED) is 0.823. The minimum absolute atomic E-state index is 0.0526. The number of amidine groups is 1. The van der Waals surface area contributed by atoms with Crippen LogP contribution in [0.2, 0.25) is 0 Å². The molecule has 0 spiro atoms. The van der Waals surface area contributed by atoms with E-state index in [0.717, 1.165) is 5.69 Å².